The third-order valence-electron chi connectivity index (χ3n) is 3.70. The summed E-state index contributed by atoms with van der Waals surface area (Å²) < 4.78 is 2.20. The lowest BCUT2D eigenvalue weighted by Gasteiger charge is -2.29. The van der Waals surface area contributed by atoms with Crippen LogP contribution in [0.4, 0.5) is 5.69 Å². The summed E-state index contributed by atoms with van der Waals surface area (Å²) in [6.45, 7) is 4.88. The van der Waals surface area contributed by atoms with Crippen LogP contribution in [0.1, 0.15) is 30.9 Å². The van der Waals surface area contributed by atoms with Crippen LogP contribution in [-0.4, -0.2) is 21.1 Å². The SMILES string of the molecule is CC[C@H](N)c1ccc(N2CCn3ccnc3C2)cn1. The quantitative estimate of drug-likeness (QED) is 0.909. The summed E-state index contributed by atoms with van der Waals surface area (Å²) in [5.41, 5.74) is 8.09. The fraction of sp³-hybridized carbons (Fsp3) is 0.429. The minimum atomic E-state index is 0.0364. The van der Waals surface area contributed by atoms with Gasteiger partial charge in [-0.2, -0.15) is 0 Å². The number of imidazole rings is 1. The molecular weight excluding hydrogens is 238 g/mol. The lowest BCUT2D eigenvalue weighted by molar-refractivity contribution is 0.559. The first-order chi connectivity index (χ1) is 9.28. The standard InChI is InChI=1S/C14H19N5/c1-2-12(15)13-4-3-11(9-17-13)19-8-7-18-6-5-16-14(18)10-19/h3-6,9,12H,2,7-8,10,15H2,1H3/t12-/m0/s1. The van der Waals surface area contributed by atoms with E-state index in [9.17, 15) is 0 Å². The second-order valence-electron chi connectivity index (χ2n) is 4.91. The number of aromatic nitrogens is 3. The van der Waals surface area contributed by atoms with Gasteiger partial charge in [0.15, 0.2) is 0 Å². The van der Waals surface area contributed by atoms with E-state index in [1.54, 1.807) is 0 Å². The van der Waals surface area contributed by atoms with Crippen molar-refractivity contribution in [2.24, 2.45) is 5.73 Å². The van der Waals surface area contributed by atoms with Crippen LogP contribution in [0.3, 0.4) is 0 Å². The molecule has 0 unspecified atom stereocenters. The molecule has 2 N–H and O–H groups in total. The minimum Gasteiger partial charge on any atom is -0.361 e. The number of hydrogen-bond donors (Lipinski definition) is 1. The van der Waals surface area contributed by atoms with Crippen LogP contribution in [0.25, 0.3) is 0 Å². The molecule has 0 aliphatic carbocycles. The molecule has 0 spiro atoms. The number of anilines is 1. The van der Waals surface area contributed by atoms with Gasteiger partial charge in [-0.25, -0.2) is 4.98 Å². The lowest BCUT2D eigenvalue weighted by atomic mass is 10.1. The maximum Gasteiger partial charge on any atom is 0.128 e. The topological polar surface area (TPSA) is 60.0 Å². The monoisotopic (exact) mass is 257 g/mol. The first-order valence-electron chi connectivity index (χ1n) is 6.74. The highest BCUT2D eigenvalue weighted by Crippen LogP contribution is 2.21. The van der Waals surface area contributed by atoms with Gasteiger partial charge >= 0.3 is 0 Å². The largest absolute Gasteiger partial charge is 0.361 e. The van der Waals surface area contributed by atoms with Crippen molar-refractivity contribution < 1.29 is 0 Å². The van der Waals surface area contributed by atoms with E-state index in [-0.39, 0.29) is 6.04 Å². The van der Waals surface area contributed by atoms with Gasteiger partial charge in [0.25, 0.3) is 0 Å². The zero-order chi connectivity index (χ0) is 13.2. The maximum atomic E-state index is 5.98. The highest BCUT2D eigenvalue weighted by Gasteiger charge is 2.17. The van der Waals surface area contributed by atoms with Crippen LogP contribution >= 0.6 is 0 Å². The Kier molecular flexibility index (Phi) is 3.21. The van der Waals surface area contributed by atoms with Crippen LogP contribution < -0.4 is 10.6 Å². The zero-order valence-electron chi connectivity index (χ0n) is 11.2. The van der Waals surface area contributed by atoms with Crippen LogP contribution in [0.2, 0.25) is 0 Å². The Labute approximate surface area is 113 Å². The van der Waals surface area contributed by atoms with Crippen LogP contribution in [0.15, 0.2) is 30.7 Å². The maximum absolute atomic E-state index is 5.98. The van der Waals surface area contributed by atoms with Crippen molar-refractivity contribution in [3.63, 3.8) is 0 Å². The Hall–Kier alpha value is -1.88. The number of fused-ring (bicyclic) bond motifs is 1. The molecule has 0 aromatic carbocycles. The van der Waals surface area contributed by atoms with E-state index in [1.165, 1.54) is 0 Å². The van der Waals surface area contributed by atoms with Gasteiger partial charge in [0.1, 0.15) is 5.82 Å². The van der Waals surface area contributed by atoms with Gasteiger partial charge in [0.05, 0.1) is 24.1 Å². The molecule has 0 saturated carbocycles. The predicted octanol–water partition coefficient (Wildman–Crippen LogP) is 1.71. The second kappa shape index (κ2) is 5.01. The first-order valence-corrected chi connectivity index (χ1v) is 6.74. The van der Waals surface area contributed by atoms with Crippen molar-refractivity contribution in [2.75, 3.05) is 11.4 Å². The Morgan fingerprint density at radius 2 is 2.21 bits per heavy atom. The van der Waals surface area contributed by atoms with Gasteiger partial charge in [0, 0.05) is 31.5 Å². The second-order valence-corrected chi connectivity index (χ2v) is 4.91. The summed E-state index contributed by atoms with van der Waals surface area (Å²) in [7, 11) is 0. The Morgan fingerprint density at radius 3 is 2.95 bits per heavy atom. The highest BCUT2D eigenvalue weighted by molar-refractivity contribution is 5.45. The van der Waals surface area contributed by atoms with E-state index in [2.05, 4.69) is 32.4 Å². The van der Waals surface area contributed by atoms with E-state index in [4.69, 9.17) is 5.73 Å². The summed E-state index contributed by atoms with van der Waals surface area (Å²) >= 11 is 0. The molecule has 19 heavy (non-hydrogen) atoms. The molecule has 5 nitrogen and oxygen atoms in total. The Balaban J connectivity index is 1.77. The van der Waals surface area contributed by atoms with Crippen molar-refractivity contribution in [1.29, 1.82) is 0 Å². The molecule has 100 valence electrons. The van der Waals surface area contributed by atoms with Gasteiger partial charge in [-0.05, 0) is 18.6 Å². The molecule has 1 aliphatic rings. The van der Waals surface area contributed by atoms with Gasteiger partial charge in [0.2, 0.25) is 0 Å². The number of pyridine rings is 1. The Morgan fingerprint density at radius 1 is 1.32 bits per heavy atom. The summed E-state index contributed by atoms with van der Waals surface area (Å²) in [6, 6.07) is 4.18. The van der Waals surface area contributed by atoms with Crippen LogP contribution in [-0.2, 0) is 13.1 Å². The van der Waals surface area contributed by atoms with Crippen molar-refractivity contribution in [3.05, 3.63) is 42.2 Å². The fourth-order valence-electron chi connectivity index (χ4n) is 2.41. The summed E-state index contributed by atoms with van der Waals surface area (Å²) in [5.74, 6) is 1.11. The van der Waals surface area contributed by atoms with Crippen molar-refractivity contribution >= 4 is 5.69 Å². The molecule has 2 aromatic heterocycles. The minimum absolute atomic E-state index is 0.0364. The summed E-state index contributed by atoms with van der Waals surface area (Å²) in [4.78, 5) is 11.1. The third kappa shape index (κ3) is 2.33. The number of hydrogen-bond acceptors (Lipinski definition) is 4. The number of rotatable bonds is 3. The highest BCUT2D eigenvalue weighted by atomic mass is 15.2. The molecule has 2 aromatic rings. The average Bonchev–Trinajstić information content (AvgIpc) is 2.94. The third-order valence-corrected chi connectivity index (χ3v) is 3.70. The predicted molar refractivity (Wildman–Crippen MR) is 74.7 cm³/mol. The van der Waals surface area contributed by atoms with Crippen LogP contribution in [0.5, 0.6) is 0 Å². The molecule has 0 amide bonds. The average molecular weight is 257 g/mol. The van der Waals surface area contributed by atoms with Crippen molar-refractivity contribution in [1.82, 2.24) is 14.5 Å². The van der Waals surface area contributed by atoms with Crippen LogP contribution in [0, 0.1) is 0 Å². The zero-order valence-corrected chi connectivity index (χ0v) is 11.2. The van der Waals surface area contributed by atoms with E-state index < -0.39 is 0 Å². The molecule has 3 heterocycles. The molecule has 1 atom stereocenters. The van der Waals surface area contributed by atoms with Gasteiger partial charge < -0.3 is 15.2 Å². The molecular formula is C14H19N5. The summed E-state index contributed by atoms with van der Waals surface area (Å²) in [5, 5.41) is 0. The molecule has 3 rings (SSSR count). The smallest absolute Gasteiger partial charge is 0.128 e. The molecule has 0 radical (unpaired) electrons. The lowest BCUT2D eigenvalue weighted by Crippen LogP contribution is -2.33. The van der Waals surface area contributed by atoms with E-state index in [1.807, 2.05) is 24.7 Å². The normalized spacial score (nSPS) is 16.2. The van der Waals surface area contributed by atoms with Crippen molar-refractivity contribution in [3.8, 4) is 0 Å². The Bertz CT molecular complexity index is 545. The molecule has 1 aliphatic heterocycles. The van der Waals surface area contributed by atoms with E-state index in [0.29, 0.717) is 0 Å². The van der Waals surface area contributed by atoms with E-state index >= 15 is 0 Å². The van der Waals surface area contributed by atoms with Gasteiger partial charge in [-0.1, -0.05) is 6.92 Å². The van der Waals surface area contributed by atoms with E-state index in [0.717, 1.165) is 43.3 Å². The molecule has 0 fully saturated rings. The van der Waals surface area contributed by atoms with Gasteiger partial charge in [-0.15, -0.1) is 0 Å². The number of nitrogens with zero attached hydrogens (tertiary/aromatic N) is 4. The van der Waals surface area contributed by atoms with Gasteiger partial charge in [-0.3, -0.25) is 4.98 Å². The van der Waals surface area contributed by atoms with Crippen molar-refractivity contribution in [2.45, 2.75) is 32.5 Å². The molecule has 0 bridgehead atoms. The number of nitrogens with two attached hydrogens (primary N) is 1. The fourth-order valence-corrected chi connectivity index (χ4v) is 2.41. The molecule has 5 heteroatoms. The summed E-state index contributed by atoms with van der Waals surface area (Å²) in [6.07, 6.45) is 6.73. The first kappa shape index (κ1) is 12.2. The molecule has 0 saturated heterocycles.